The number of ether oxygens (including phenoxy) is 1. The highest BCUT2D eigenvalue weighted by Gasteiger charge is 2.17. The molecule has 0 atom stereocenters. The summed E-state index contributed by atoms with van der Waals surface area (Å²) in [6, 6.07) is 21.1. The largest absolute Gasteiger partial charge is 0.496 e. The maximum atomic E-state index is 13.6. The summed E-state index contributed by atoms with van der Waals surface area (Å²) < 4.78 is 25.0. The number of carbonyl (C=O) groups is 1. The topological polar surface area (TPSA) is 94.6 Å². The maximum absolute atomic E-state index is 13.6. The number of allylic oxidation sites excluding steroid dienone is 1. The lowest BCUT2D eigenvalue weighted by molar-refractivity contribution is -0.387. The standard InChI is InChI=1S/C29H21FN2O5/c1-17(11-29(33)31-21-9-10-25(30)26(13-21)32(34)35)22-14-23-24(16-37-28(23)15-27(22)36-2)20-8-7-18-5-3-4-6-19(18)12-20/h3-16H,1-2H3,(H,31,33)/b17-11+. The van der Waals surface area contributed by atoms with Gasteiger partial charge in [0.15, 0.2) is 0 Å². The molecule has 1 N–H and O–H groups in total. The van der Waals surface area contributed by atoms with Crippen LogP contribution in [-0.2, 0) is 4.79 Å². The molecule has 1 aromatic heterocycles. The van der Waals surface area contributed by atoms with Gasteiger partial charge >= 0.3 is 5.69 Å². The second-order valence-corrected chi connectivity index (χ2v) is 8.50. The summed E-state index contributed by atoms with van der Waals surface area (Å²) in [7, 11) is 1.53. The number of fused-ring (bicyclic) bond motifs is 2. The number of halogens is 1. The van der Waals surface area contributed by atoms with Crippen LogP contribution in [0, 0.1) is 15.9 Å². The molecule has 0 saturated heterocycles. The SMILES string of the molecule is COc1cc2occ(-c3ccc4ccccc4c3)c2cc1/C(C)=C/C(=O)Nc1ccc(F)c([N+](=O)[O-])c1. The minimum atomic E-state index is -0.977. The number of carbonyl (C=O) groups excluding carboxylic acids is 1. The van der Waals surface area contributed by atoms with Crippen LogP contribution in [0.5, 0.6) is 5.75 Å². The summed E-state index contributed by atoms with van der Waals surface area (Å²) in [5.74, 6) is -0.983. The van der Waals surface area contributed by atoms with Crippen molar-refractivity contribution in [3.63, 3.8) is 0 Å². The number of nitrogens with zero attached hydrogens (tertiary/aromatic N) is 1. The zero-order chi connectivity index (χ0) is 26.1. The molecule has 0 radical (unpaired) electrons. The van der Waals surface area contributed by atoms with Gasteiger partial charge in [0.2, 0.25) is 11.7 Å². The van der Waals surface area contributed by atoms with E-state index in [0.29, 0.717) is 22.5 Å². The van der Waals surface area contributed by atoms with Crippen LogP contribution < -0.4 is 10.1 Å². The molecule has 1 amide bonds. The summed E-state index contributed by atoms with van der Waals surface area (Å²) in [6.45, 7) is 1.76. The van der Waals surface area contributed by atoms with Crippen LogP contribution in [0.2, 0.25) is 0 Å². The molecule has 184 valence electrons. The van der Waals surface area contributed by atoms with Crippen LogP contribution in [0.25, 0.3) is 38.4 Å². The van der Waals surface area contributed by atoms with E-state index >= 15 is 0 Å². The number of hydrogen-bond acceptors (Lipinski definition) is 5. The molecule has 0 fully saturated rings. The van der Waals surface area contributed by atoms with Crippen molar-refractivity contribution in [3.8, 4) is 16.9 Å². The Morgan fingerprint density at radius 1 is 1.05 bits per heavy atom. The number of anilines is 1. The third kappa shape index (κ3) is 4.64. The molecule has 0 saturated carbocycles. The highest BCUT2D eigenvalue weighted by atomic mass is 19.1. The lowest BCUT2D eigenvalue weighted by Gasteiger charge is -2.10. The summed E-state index contributed by atoms with van der Waals surface area (Å²) in [5.41, 5.74) is 3.20. The van der Waals surface area contributed by atoms with E-state index in [-0.39, 0.29) is 5.69 Å². The molecule has 37 heavy (non-hydrogen) atoms. The quantitative estimate of drug-likeness (QED) is 0.151. The van der Waals surface area contributed by atoms with Crippen molar-refractivity contribution in [3.05, 3.63) is 107 Å². The van der Waals surface area contributed by atoms with Gasteiger partial charge in [-0.3, -0.25) is 14.9 Å². The summed E-state index contributed by atoms with van der Waals surface area (Å²) in [4.78, 5) is 22.8. The molecule has 8 heteroatoms. The van der Waals surface area contributed by atoms with Crippen molar-refractivity contribution in [1.29, 1.82) is 0 Å². The number of amides is 1. The second kappa shape index (κ2) is 9.58. The van der Waals surface area contributed by atoms with Crippen molar-refractivity contribution in [2.45, 2.75) is 6.92 Å². The van der Waals surface area contributed by atoms with Gasteiger partial charge in [-0.15, -0.1) is 0 Å². The Bertz CT molecular complexity index is 1720. The van der Waals surface area contributed by atoms with Crippen LogP contribution in [0.1, 0.15) is 12.5 Å². The number of nitro groups is 1. The molecule has 0 aliphatic rings. The first-order valence-corrected chi connectivity index (χ1v) is 11.4. The first-order valence-electron chi connectivity index (χ1n) is 11.4. The maximum Gasteiger partial charge on any atom is 0.306 e. The number of furan rings is 1. The van der Waals surface area contributed by atoms with E-state index in [0.717, 1.165) is 39.4 Å². The monoisotopic (exact) mass is 496 g/mol. The van der Waals surface area contributed by atoms with E-state index in [1.165, 1.54) is 19.3 Å². The smallest absolute Gasteiger partial charge is 0.306 e. The van der Waals surface area contributed by atoms with Crippen molar-refractivity contribution < 1.29 is 23.3 Å². The lowest BCUT2D eigenvalue weighted by Crippen LogP contribution is -2.09. The number of hydrogen-bond donors (Lipinski definition) is 1. The number of nitro benzene ring substituents is 1. The van der Waals surface area contributed by atoms with Crippen LogP contribution in [0.15, 0.2) is 89.6 Å². The first-order chi connectivity index (χ1) is 17.8. The molecule has 5 aromatic rings. The van der Waals surface area contributed by atoms with E-state index in [1.807, 2.05) is 24.3 Å². The number of nitrogens with one attached hydrogen (secondary N) is 1. The fraction of sp³-hybridized carbons (Fsp3) is 0.0690. The Hall–Kier alpha value is -4.98. The fourth-order valence-corrected chi connectivity index (χ4v) is 4.30. The average molecular weight is 496 g/mol. The van der Waals surface area contributed by atoms with E-state index in [2.05, 4.69) is 29.6 Å². The minimum absolute atomic E-state index is 0.109. The van der Waals surface area contributed by atoms with E-state index in [4.69, 9.17) is 9.15 Å². The third-order valence-corrected chi connectivity index (χ3v) is 6.14. The molecule has 4 aromatic carbocycles. The van der Waals surface area contributed by atoms with Gasteiger partial charge < -0.3 is 14.5 Å². The number of methoxy groups -OCH3 is 1. The van der Waals surface area contributed by atoms with Gasteiger partial charge in [-0.2, -0.15) is 4.39 Å². The zero-order valence-electron chi connectivity index (χ0n) is 19.9. The molecular weight excluding hydrogens is 475 g/mol. The van der Waals surface area contributed by atoms with E-state index < -0.39 is 22.3 Å². The van der Waals surface area contributed by atoms with Gasteiger partial charge in [-0.05, 0) is 53.1 Å². The van der Waals surface area contributed by atoms with Crippen molar-refractivity contribution in [2.75, 3.05) is 12.4 Å². The Balaban J connectivity index is 1.50. The highest BCUT2D eigenvalue weighted by Crippen LogP contribution is 2.38. The molecule has 5 rings (SSSR count). The van der Waals surface area contributed by atoms with Gasteiger partial charge in [0.05, 0.1) is 18.3 Å². The molecule has 0 bridgehead atoms. The van der Waals surface area contributed by atoms with Crippen molar-refractivity contribution >= 4 is 44.6 Å². The second-order valence-electron chi connectivity index (χ2n) is 8.50. The number of rotatable bonds is 6. The van der Waals surface area contributed by atoms with Crippen LogP contribution in [-0.4, -0.2) is 17.9 Å². The highest BCUT2D eigenvalue weighted by molar-refractivity contribution is 6.05. The molecular formula is C29H21FN2O5. The molecule has 0 spiro atoms. The molecule has 0 aliphatic heterocycles. The zero-order valence-corrected chi connectivity index (χ0v) is 19.9. The van der Waals surface area contributed by atoms with E-state index in [9.17, 15) is 19.3 Å². The lowest BCUT2D eigenvalue weighted by atomic mass is 9.97. The van der Waals surface area contributed by atoms with Crippen molar-refractivity contribution in [2.24, 2.45) is 0 Å². The first kappa shape index (κ1) is 23.7. The predicted molar refractivity (Wildman–Crippen MR) is 141 cm³/mol. The van der Waals surface area contributed by atoms with Crippen molar-refractivity contribution in [1.82, 2.24) is 0 Å². The van der Waals surface area contributed by atoms with Gasteiger partial charge in [0, 0.05) is 40.4 Å². The van der Waals surface area contributed by atoms with Crippen LogP contribution in [0.4, 0.5) is 15.8 Å². The van der Waals surface area contributed by atoms with Gasteiger partial charge in [-0.1, -0.05) is 36.4 Å². The summed E-state index contributed by atoms with van der Waals surface area (Å²) in [6.07, 6.45) is 3.06. The Morgan fingerprint density at radius 3 is 2.59 bits per heavy atom. The molecule has 1 heterocycles. The Kier molecular flexibility index (Phi) is 6.15. The molecule has 0 aliphatic carbocycles. The van der Waals surface area contributed by atoms with Gasteiger partial charge in [0.25, 0.3) is 0 Å². The van der Waals surface area contributed by atoms with Gasteiger partial charge in [0.1, 0.15) is 11.3 Å². The number of benzene rings is 4. The Morgan fingerprint density at radius 2 is 1.84 bits per heavy atom. The summed E-state index contributed by atoms with van der Waals surface area (Å²) in [5, 5.41) is 16.6. The minimum Gasteiger partial charge on any atom is -0.496 e. The molecule has 7 nitrogen and oxygen atoms in total. The normalized spacial score (nSPS) is 11.6. The average Bonchev–Trinajstić information content (AvgIpc) is 3.31. The van der Waals surface area contributed by atoms with E-state index in [1.54, 1.807) is 19.3 Å². The summed E-state index contributed by atoms with van der Waals surface area (Å²) >= 11 is 0. The predicted octanol–water partition coefficient (Wildman–Crippen LogP) is 7.35. The van der Waals surface area contributed by atoms with Gasteiger partial charge in [-0.25, -0.2) is 0 Å². The van der Waals surface area contributed by atoms with Crippen LogP contribution >= 0.6 is 0 Å². The third-order valence-electron chi connectivity index (χ3n) is 6.14. The fourth-order valence-electron chi connectivity index (χ4n) is 4.30. The Labute approximate surface area is 210 Å². The molecule has 0 unspecified atom stereocenters. The van der Waals surface area contributed by atoms with Crippen LogP contribution in [0.3, 0.4) is 0 Å².